The average Bonchev–Trinajstić information content (AvgIpc) is 2.45. The monoisotopic (exact) mass is 301 g/mol. The number of hydrogen-bond acceptors (Lipinski definition) is 2. The van der Waals surface area contributed by atoms with E-state index in [4.69, 9.17) is 16.3 Å². The highest BCUT2D eigenvalue weighted by molar-refractivity contribution is 6.31. The molecular formula is C16H25ClFNO. The Kier molecular flexibility index (Phi) is 6.93. The van der Waals surface area contributed by atoms with Crippen LogP contribution in [0.3, 0.4) is 0 Å². The first-order chi connectivity index (χ1) is 9.54. The molecule has 0 spiro atoms. The highest BCUT2D eigenvalue weighted by Gasteiger charge is 2.36. The van der Waals surface area contributed by atoms with Crippen LogP contribution in [-0.4, -0.2) is 25.3 Å². The van der Waals surface area contributed by atoms with Crippen molar-refractivity contribution in [3.05, 3.63) is 34.6 Å². The predicted octanol–water partition coefficient (Wildman–Crippen LogP) is 4.20. The SMILES string of the molecule is CCNC(Cc1c(F)cccc1Cl)C(CC)(CC)OC. The first kappa shape index (κ1) is 17.4. The van der Waals surface area contributed by atoms with Crippen LogP contribution in [0, 0.1) is 5.82 Å². The van der Waals surface area contributed by atoms with Gasteiger partial charge in [0.25, 0.3) is 0 Å². The lowest BCUT2D eigenvalue weighted by atomic mass is 9.84. The van der Waals surface area contributed by atoms with Gasteiger partial charge >= 0.3 is 0 Å². The fourth-order valence-corrected chi connectivity index (χ4v) is 3.04. The zero-order chi connectivity index (χ0) is 15.2. The van der Waals surface area contributed by atoms with Crippen LogP contribution in [0.25, 0.3) is 0 Å². The van der Waals surface area contributed by atoms with Crippen molar-refractivity contribution in [3.8, 4) is 0 Å². The normalized spacial score (nSPS) is 13.5. The molecule has 1 atom stereocenters. The number of rotatable bonds is 8. The van der Waals surface area contributed by atoms with Gasteiger partial charge in [-0.1, -0.05) is 38.4 Å². The number of methoxy groups -OCH3 is 1. The van der Waals surface area contributed by atoms with E-state index in [1.165, 1.54) is 6.07 Å². The van der Waals surface area contributed by atoms with Gasteiger partial charge in [0.15, 0.2) is 0 Å². The smallest absolute Gasteiger partial charge is 0.127 e. The molecule has 1 unspecified atom stereocenters. The van der Waals surface area contributed by atoms with Gasteiger partial charge in [-0.15, -0.1) is 0 Å². The fourth-order valence-electron chi connectivity index (χ4n) is 2.80. The van der Waals surface area contributed by atoms with Gasteiger partial charge in [0.1, 0.15) is 5.82 Å². The third-order valence-electron chi connectivity index (χ3n) is 4.16. The zero-order valence-corrected chi connectivity index (χ0v) is 13.6. The van der Waals surface area contributed by atoms with Crippen molar-refractivity contribution in [1.29, 1.82) is 0 Å². The van der Waals surface area contributed by atoms with E-state index in [9.17, 15) is 4.39 Å². The summed E-state index contributed by atoms with van der Waals surface area (Å²) in [6, 6.07) is 4.85. The van der Waals surface area contributed by atoms with E-state index in [2.05, 4.69) is 19.2 Å². The van der Waals surface area contributed by atoms with E-state index in [0.717, 1.165) is 19.4 Å². The molecule has 0 amide bonds. The second-order valence-electron chi connectivity index (χ2n) is 4.99. The first-order valence-corrected chi connectivity index (χ1v) is 7.63. The molecule has 1 rings (SSSR count). The summed E-state index contributed by atoms with van der Waals surface area (Å²) in [5.74, 6) is -0.252. The van der Waals surface area contributed by atoms with Crippen LogP contribution < -0.4 is 5.32 Å². The van der Waals surface area contributed by atoms with E-state index in [1.54, 1.807) is 19.2 Å². The second-order valence-corrected chi connectivity index (χ2v) is 5.40. The number of hydrogen-bond donors (Lipinski definition) is 1. The summed E-state index contributed by atoms with van der Waals surface area (Å²) in [6.45, 7) is 7.05. The van der Waals surface area contributed by atoms with Crippen LogP contribution in [-0.2, 0) is 11.2 Å². The highest BCUT2D eigenvalue weighted by atomic mass is 35.5. The molecular weight excluding hydrogens is 277 g/mol. The number of ether oxygens (including phenoxy) is 1. The summed E-state index contributed by atoms with van der Waals surface area (Å²) in [6.07, 6.45) is 2.25. The van der Waals surface area contributed by atoms with E-state index < -0.39 is 0 Å². The molecule has 1 N–H and O–H groups in total. The van der Waals surface area contributed by atoms with Crippen molar-refractivity contribution in [2.45, 2.75) is 51.7 Å². The molecule has 0 aliphatic carbocycles. The minimum Gasteiger partial charge on any atom is -0.377 e. The van der Waals surface area contributed by atoms with Gasteiger partial charge in [0, 0.05) is 23.7 Å². The Labute approximate surface area is 126 Å². The maximum absolute atomic E-state index is 14.0. The van der Waals surface area contributed by atoms with Crippen molar-refractivity contribution in [2.24, 2.45) is 0 Å². The van der Waals surface area contributed by atoms with Crippen LogP contribution in [0.2, 0.25) is 5.02 Å². The van der Waals surface area contributed by atoms with Crippen molar-refractivity contribution >= 4 is 11.6 Å². The van der Waals surface area contributed by atoms with Crippen LogP contribution in [0.5, 0.6) is 0 Å². The lowest BCUT2D eigenvalue weighted by Crippen LogP contribution is -2.52. The Bertz CT molecular complexity index is 392. The van der Waals surface area contributed by atoms with Gasteiger partial charge in [-0.25, -0.2) is 4.39 Å². The summed E-state index contributed by atoms with van der Waals surface area (Å²) in [4.78, 5) is 0. The standard InChI is InChI=1S/C16H25ClFNO/c1-5-16(6-2,20-4)15(19-7-3)11-12-13(17)9-8-10-14(12)18/h8-10,15,19H,5-7,11H2,1-4H3. The Morgan fingerprint density at radius 2 is 1.95 bits per heavy atom. The molecule has 0 fully saturated rings. The van der Waals surface area contributed by atoms with E-state index in [0.29, 0.717) is 17.0 Å². The lowest BCUT2D eigenvalue weighted by Gasteiger charge is -2.39. The van der Waals surface area contributed by atoms with Crippen molar-refractivity contribution in [1.82, 2.24) is 5.32 Å². The summed E-state index contributed by atoms with van der Waals surface area (Å²) >= 11 is 6.14. The Morgan fingerprint density at radius 3 is 2.40 bits per heavy atom. The van der Waals surface area contributed by atoms with E-state index >= 15 is 0 Å². The molecule has 0 aliphatic rings. The largest absolute Gasteiger partial charge is 0.377 e. The Balaban J connectivity index is 3.09. The Hall–Kier alpha value is -0.640. The van der Waals surface area contributed by atoms with Gasteiger partial charge < -0.3 is 10.1 Å². The number of halogens is 2. The quantitative estimate of drug-likeness (QED) is 0.777. The summed E-state index contributed by atoms with van der Waals surface area (Å²) < 4.78 is 19.8. The first-order valence-electron chi connectivity index (χ1n) is 7.26. The predicted molar refractivity (Wildman–Crippen MR) is 82.9 cm³/mol. The summed E-state index contributed by atoms with van der Waals surface area (Å²) in [5.41, 5.74) is 0.255. The molecule has 4 heteroatoms. The minimum absolute atomic E-state index is 0.0295. The van der Waals surface area contributed by atoms with E-state index in [-0.39, 0.29) is 17.5 Å². The topological polar surface area (TPSA) is 21.3 Å². The van der Waals surface area contributed by atoms with Gasteiger partial charge in [-0.3, -0.25) is 0 Å². The Morgan fingerprint density at radius 1 is 1.30 bits per heavy atom. The van der Waals surface area contributed by atoms with Gasteiger partial charge in [0.2, 0.25) is 0 Å². The molecule has 0 aliphatic heterocycles. The number of likely N-dealkylation sites (N-methyl/N-ethyl adjacent to an activating group) is 1. The van der Waals surface area contributed by atoms with Gasteiger partial charge in [0.05, 0.1) is 5.60 Å². The van der Waals surface area contributed by atoms with Crippen molar-refractivity contribution < 1.29 is 9.13 Å². The second kappa shape index (κ2) is 7.96. The van der Waals surface area contributed by atoms with Crippen LogP contribution in [0.4, 0.5) is 4.39 Å². The summed E-state index contributed by atoms with van der Waals surface area (Å²) in [7, 11) is 1.72. The maximum atomic E-state index is 14.0. The number of benzene rings is 1. The van der Waals surface area contributed by atoms with Gasteiger partial charge in [-0.2, -0.15) is 0 Å². The van der Waals surface area contributed by atoms with Crippen LogP contribution in [0.15, 0.2) is 18.2 Å². The molecule has 1 aromatic rings. The summed E-state index contributed by atoms with van der Waals surface area (Å²) in [5, 5.41) is 3.91. The third kappa shape index (κ3) is 3.72. The molecule has 0 heterocycles. The molecule has 1 aromatic carbocycles. The molecule has 0 saturated carbocycles. The molecule has 20 heavy (non-hydrogen) atoms. The molecule has 114 valence electrons. The van der Waals surface area contributed by atoms with Gasteiger partial charge in [-0.05, 0) is 37.9 Å². The molecule has 0 radical (unpaired) electrons. The highest BCUT2D eigenvalue weighted by Crippen LogP contribution is 2.29. The average molecular weight is 302 g/mol. The molecule has 0 aromatic heterocycles. The third-order valence-corrected chi connectivity index (χ3v) is 4.51. The molecule has 0 bridgehead atoms. The van der Waals surface area contributed by atoms with Crippen molar-refractivity contribution in [3.63, 3.8) is 0 Å². The molecule has 0 saturated heterocycles. The van der Waals surface area contributed by atoms with Crippen molar-refractivity contribution in [2.75, 3.05) is 13.7 Å². The van der Waals surface area contributed by atoms with Crippen LogP contribution >= 0.6 is 11.6 Å². The zero-order valence-electron chi connectivity index (χ0n) is 12.8. The van der Waals surface area contributed by atoms with Crippen LogP contribution in [0.1, 0.15) is 39.2 Å². The minimum atomic E-state index is -0.304. The molecule has 2 nitrogen and oxygen atoms in total. The lowest BCUT2D eigenvalue weighted by molar-refractivity contribution is -0.0470. The van der Waals surface area contributed by atoms with E-state index in [1.807, 2.05) is 6.92 Å². The number of nitrogens with one attached hydrogen (secondary N) is 1. The maximum Gasteiger partial charge on any atom is 0.127 e. The fraction of sp³-hybridized carbons (Fsp3) is 0.625.